The molecule has 182 valence electrons. The molecule has 0 radical (unpaired) electrons. The van der Waals surface area contributed by atoms with Crippen molar-refractivity contribution in [2.45, 2.75) is 26.3 Å². The Bertz CT molecular complexity index is 1190. The summed E-state index contributed by atoms with van der Waals surface area (Å²) < 4.78 is 13.2. The molecule has 1 saturated heterocycles. The Hall–Kier alpha value is -3.20. The average molecular weight is 494 g/mol. The minimum atomic E-state index is -0.419. The van der Waals surface area contributed by atoms with E-state index in [2.05, 4.69) is 18.7 Å². The molecular formula is C26H28FN5O2S. The van der Waals surface area contributed by atoms with Gasteiger partial charge in [0.05, 0.1) is 11.4 Å². The number of carbonyl (C=O) groups is 2. The summed E-state index contributed by atoms with van der Waals surface area (Å²) in [7, 11) is 0. The maximum atomic E-state index is 13.2. The van der Waals surface area contributed by atoms with Crippen LogP contribution in [0.2, 0.25) is 0 Å². The normalized spacial score (nSPS) is 19.5. The number of nitrogens with zero attached hydrogens (tertiary/aromatic N) is 5. The van der Waals surface area contributed by atoms with Crippen LogP contribution in [0.3, 0.4) is 0 Å². The van der Waals surface area contributed by atoms with Crippen LogP contribution in [0.15, 0.2) is 58.5 Å². The first-order valence-corrected chi connectivity index (χ1v) is 12.9. The number of amidine groups is 2. The minimum Gasteiger partial charge on any atom is -0.368 e. The third-order valence-corrected chi connectivity index (χ3v) is 7.31. The van der Waals surface area contributed by atoms with E-state index in [4.69, 9.17) is 9.98 Å². The van der Waals surface area contributed by atoms with E-state index in [0.29, 0.717) is 49.5 Å². The van der Waals surface area contributed by atoms with E-state index in [9.17, 15) is 14.0 Å². The maximum Gasteiger partial charge on any atom is 0.259 e. The second-order valence-corrected chi connectivity index (χ2v) is 10.3. The summed E-state index contributed by atoms with van der Waals surface area (Å²) >= 11 is 1.29. The lowest BCUT2D eigenvalue weighted by Crippen LogP contribution is -2.49. The van der Waals surface area contributed by atoms with Gasteiger partial charge in [0, 0.05) is 37.4 Å². The van der Waals surface area contributed by atoms with Crippen molar-refractivity contribution in [1.82, 2.24) is 9.80 Å². The van der Waals surface area contributed by atoms with Gasteiger partial charge in [-0.25, -0.2) is 14.3 Å². The zero-order valence-electron chi connectivity index (χ0n) is 19.9. The van der Waals surface area contributed by atoms with Crippen LogP contribution in [0.1, 0.15) is 25.8 Å². The summed E-state index contributed by atoms with van der Waals surface area (Å²) in [5.74, 6) is 0.855. The first kappa shape index (κ1) is 23.5. The van der Waals surface area contributed by atoms with Crippen LogP contribution < -0.4 is 4.90 Å². The van der Waals surface area contributed by atoms with Gasteiger partial charge in [0.25, 0.3) is 5.91 Å². The average Bonchev–Trinajstić information content (AvgIpc) is 3.18. The molecule has 35 heavy (non-hydrogen) atoms. The van der Waals surface area contributed by atoms with Crippen LogP contribution in [-0.2, 0) is 9.59 Å². The van der Waals surface area contributed by atoms with Gasteiger partial charge in [-0.15, -0.1) is 0 Å². The molecule has 0 bridgehead atoms. The summed E-state index contributed by atoms with van der Waals surface area (Å²) in [4.78, 5) is 41.3. The van der Waals surface area contributed by atoms with Crippen LogP contribution in [0.5, 0.6) is 0 Å². The van der Waals surface area contributed by atoms with Gasteiger partial charge in [-0.1, -0.05) is 37.7 Å². The van der Waals surface area contributed by atoms with Crippen LogP contribution in [0, 0.1) is 11.7 Å². The molecule has 2 aromatic rings. The topological polar surface area (TPSA) is 68.6 Å². The van der Waals surface area contributed by atoms with Crippen LogP contribution in [0.25, 0.3) is 0 Å². The van der Waals surface area contributed by atoms with Gasteiger partial charge in [-0.2, -0.15) is 0 Å². The highest BCUT2D eigenvalue weighted by molar-refractivity contribution is 8.14. The minimum absolute atomic E-state index is 0.0131. The molecule has 0 aliphatic carbocycles. The predicted octanol–water partition coefficient (Wildman–Crippen LogP) is 3.91. The van der Waals surface area contributed by atoms with Crippen molar-refractivity contribution in [1.29, 1.82) is 0 Å². The van der Waals surface area contributed by atoms with Crippen molar-refractivity contribution in [3.8, 4) is 0 Å². The number of anilines is 1. The Morgan fingerprint density at radius 2 is 1.80 bits per heavy atom. The zero-order valence-corrected chi connectivity index (χ0v) is 20.7. The lowest BCUT2D eigenvalue weighted by atomic mass is 10.0. The molecule has 1 unspecified atom stereocenters. The molecule has 1 fully saturated rings. The Morgan fingerprint density at radius 3 is 2.51 bits per heavy atom. The number of hydrogen-bond donors (Lipinski definition) is 0. The molecule has 0 spiro atoms. The maximum absolute atomic E-state index is 13.2. The van der Waals surface area contributed by atoms with E-state index in [1.807, 2.05) is 29.2 Å². The second-order valence-electron chi connectivity index (χ2n) is 9.32. The molecule has 0 saturated carbocycles. The smallest absolute Gasteiger partial charge is 0.259 e. The van der Waals surface area contributed by atoms with Gasteiger partial charge < -0.3 is 9.80 Å². The summed E-state index contributed by atoms with van der Waals surface area (Å²) in [6.07, 6.45) is 0.677. The Balaban J connectivity index is 1.25. The summed E-state index contributed by atoms with van der Waals surface area (Å²) in [6, 6.07) is 13.7. The molecule has 1 atom stereocenters. The van der Waals surface area contributed by atoms with E-state index in [1.165, 1.54) is 23.9 Å². The fraction of sp³-hybridized carbons (Fsp3) is 0.385. The van der Waals surface area contributed by atoms with Crippen molar-refractivity contribution < 1.29 is 14.0 Å². The predicted molar refractivity (Wildman–Crippen MR) is 138 cm³/mol. The molecule has 3 aliphatic rings. The zero-order chi connectivity index (χ0) is 24.5. The number of carbonyl (C=O) groups excluding carboxylic acids is 2. The molecule has 2 aromatic carbocycles. The number of rotatable bonds is 5. The summed E-state index contributed by atoms with van der Waals surface area (Å²) in [6.45, 7) is 6.73. The summed E-state index contributed by atoms with van der Waals surface area (Å²) in [5.41, 5.74) is 2.57. The second kappa shape index (κ2) is 9.81. The highest BCUT2D eigenvalue weighted by Crippen LogP contribution is 2.34. The molecule has 0 aromatic heterocycles. The van der Waals surface area contributed by atoms with E-state index < -0.39 is 6.04 Å². The van der Waals surface area contributed by atoms with Crippen molar-refractivity contribution in [2.24, 2.45) is 15.9 Å². The Morgan fingerprint density at radius 1 is 1.09 bits per heavy atom. The molecule has 3 heterocycles. The Kier molecular flexibility index (Phi) is 6.60. The number of piperazine rings is 1. The number of fused-ring (bicyclic) bond motifs is 3. The number of amides is 2. The van der Waals surface area contributed by atoms with Crippen LogP contribution in [-0.4, -0.2) is 70.6 Å². The number of para-hydroxylation sites is 1. The fourth-order valence-corrected chi connectivity index (χ4v) is 5.49. The molecule has 3 aliphatic heterocycles. The molecule has 0 N–H and O–H groups in total. The number of halogens is 1. The highest BCUT2D eigenvalue weighted by atomic mass is 32.2. The van der Waals surface area contributed by atoms with Gasteiger partial charge in [0.2, 0.25) is 5.91 Å². The summed E-state index contributed by atoms with van der Waals surface area (Å²) in [5, 5.41) is 0.511. The van der Waals surface area contributed by atoms with Gasteiger partial charge >= 0.3 is 0 Å². The van der Waals surface area contributed by atoms with Gasteiger partial charge in [-0.3, -0.25) is 14.6 Å². The number of benzene rings is 2. The van der Waals surface area contributed by atoms with E-state index >= 15 is 0 Å². The van der Waals surface area contributed by atoms with E-state index in [1.54, 1.807) is 17.0 Å². The van der Waals surface area contributed by atoms with Gasteiger partial charge in [-0.05, 0) is 48.7 Å². The van der Waals surface area contributed by atoms with Crippen molar-refractivity contribution in [3.63, 3.8) is 0 Å². The lowest BCUT2D eigenvalue weighted by molar-refractivity contribution is -0.128. The number of hydrogen-bond acceptors (Lipinski definition) is 6. The molecular weight excluding hydrogens is 465 g/mol. The van der Waals surface area contributed by atoms with Gasteiger partial charge in [0.15, 0.2) is 5.17 Å². The standard InChI is InChI=1S/C26H28FN5O2S/c1-17(2)15-22-25(34)32-24(28-22)20-5-3-4-6-21(20)29-26(32)35-16-23(33)31-13-11-30(12-14-31)19-9-7-18(27)8-10-19/h3-10,17,22H,11-16H2,1-2H3. The van der Waals surface area contributed by atoms with Crippen molar-refractivity contribution in [2.75, 3.05) is 36.8 Å². The SMILES string of the molecule is CC(C)CC1N=C2c3ccccc3N=C(SCC(=O)N3CCN(c4ccc(F)cc4)CC3)N2C1=O. The number of thioether (sulfide) groups is 1. The fourth-order valence-electron chi connectivity index (χ4n) is 4.58. The molecule has 7 nitrogen and oxygen atoms in total. The van der Waals surface area contributed by atoms with Crippen molar-refractivity contribution >= 4 is 46.0 Å². The largest absolute Gasteiger partial charge is 0.368 e. The third-order valence-electron chi connectivity index (χ3n) is 6.39. The van der Waals surface area contributed by atoms with Crippen LogP contribution in [0.4, 0.5) is 15.8 Å². The van der Waals surface area contributed by atoms with Crippen LogP contribution >= 0.6 is 11.8 Å². The van der Waals surface area contributed by atoms with Gasteiger partial charge in [0.1, 0.15) is 17.7 Å². The molecule has 2 amide bonds. The lowest BCUT2D eigenvalue weighted by Gasteiger charge is -2.36. The Labute approximate surface area is 208 Å². The van der Waals surface area contributed by atoms with E-state index in [-0.39, 0.29) is 23.4 Å². The third kappa shape index (κ3) is 4.82. The molecule has 5 rings (SSSR count). The number of aliphatic imine (C=N–C) groups is 2. The quantitative estimate of drug-likeness (QED) is 0.633. The molecule has 9 heteroatoms. The first-order valence-electron chi connectivity index (χ1n) is 11.9. The first-order chi connectivity index (χ1) is 16.9. The monoisotopic (exact) mass is 493 g/mol. The van der Waals surface area contributed by atoms with E-state index in [0.717, 1.165) is 16.9 Å². The van der Waals surface area contributed by atoms with Crippen molar-refractivity contribution in [3.05, 3.63) is 59.9 Å². The highest BCUT2D eigenvalue weighted by Gasteiger charge is 2.41.